The van der Waals surface area contributed by atoms with Gasteiger partial charge in [0.25, 0.3) is 11.8 Å². The number of methoxy groups -OCH3 is 1. The SMILES string of the molecule is COc1ccccc1NC(=O)c1ccc(NC(=O)COc2cc(C(C)=O)ccc2NC(C)=O)cc1. The average Bonchev–Trinajstić information content (AvgIpc) is 2.83. The van der Waals surface area contributed by atoms with E-state index in [1.165, 1.54) is 27.0 Å². The number of anilines is 3. The van der Waals surface area contributed by atoms with Gasteiger partial charge in [0, 0.05) is 23.7 Å². The number of carbonyl (C=O) groups is 4. The molecule has 0 aliphatic rings. The third-order valence-electron chi connectivity index (χ3n) is 4.84. The predicted molar refractivity (Wildman–Crippen MR) is 132 cm³/mol. The Morgan fingerprint density at radius 3 is 2.06 bits per heavy atom. The molecule has 9 nitrogen and oxygen atoms in total. The summed E-state index contributed by atoms with van der Waals surface area (Å²) in [7, 11) is 1.52. The maximum atomic E-state index is 12.5. The Labute approximate surface area is 202 Å². The van der Waals surface area contributed by atoms with Crippen molar-refractivity contribution in [1.29, 1.82) is 0 Å². The van der Waals surface area contributed by atoms with Crippen molar-refractivity contribution >= 4 is 40.6 Å². The second-order valence-electron chi connectivity index (χ2n) is 7.52. The van der Waals surface area contributed by atoms with Gasteiger partial charge in [-0.15, -0.1) is 0 Å². The topological polar surface area (TPSA) is 123 Å². The number of amides is 3. The maximum Gasteiger partial charge on any atom is 0.262 e. The van der Waals surface area contributed by atoms with E-state index < -0.39 is 5.91 Å². The van der Waals surface area contributed by atoms with Gasteiger partial charge < -0.3 is 25.4 Å². The Kier molecular flexibility index (Phi) is 8.18. The molecule has 35 heavy (non-hydrogen) atoms. The number of ketones is 1. The van der Waals surface area contributed by atoms with Crippen molar-refractivity contribution in [1.82, 2.24) is 0 Å². The minimum absolute atomic E-state index is 0.177. The van der Waals surface area contributed by atoms with E-state index >= 15 is 0 Å². The van der Waals surface area contributed by atoms with Crippen LogP contribution in [0.4, 0.5) is 17.1 Å². The zero-order chi connectivity index (χ0) is 25.4. The lowest BCUT2D eigenvalue weighted by atomic mass is 10.1. The van der Waals surface area contributed by atoms with E-state index in [4.69, 9.17) is 9.47 Å². The zero-order valence-corrected chi connectivity index (χ0v) is 19.5. The molecule has 9 heteroatoms. The van der Waals surface area contributed by atoms with Gasteiger partial charge in [0.05, 0.1) is 18.5 Å². The minimum atomic E-state index is -0.460. The van der Waals surface area contributed by atoms with Crippen LogP contribution in [0.2, 0.25) is 0 Å². The minimum Gasteiger partial charge on any atom is -0.495 e. The number of hydrogen-bond donors (Lipinski definition) is 3. The van der Waals surface area contributed by atoms with Gasteiger partial charge in [-0.25, -0.2) is 0 Å². The van der Waals surface area contributed by atoms with Crippen LogP contribution in [0.5, 0.6) is 11.5 Å². The molecule has 0 saturated carbocycles. The normalized spacial score (nSPS) is 10.1. The van der Waals surface area contributed by atoms with E-state index in [0.717, 1.165) is 0 Å². The summed E-state index contributed by atoms with van der Waals surface area (Å²) in [6.07, 6.45) is 0. The highest BCUT2D eigenvalue weighted by atomic mass is 16.5. The largest absolute Gasteiger partial charge is 0.495 e. The van der Waals surface area contributed by atoms with E-state index in [2.05, 4.69) is 16.0 Å². The molecular formula is C26H25N3O6. The monoisotopic (exact) mass is 475 g/mol. The lowest BCUT2D eigenvalue weighted by molar-refractivity contribution is -0.118. The van der Waals surface area contributed by atoms with Crippen LogP contribution in [0.25, 0.3) is 0 Å². The summed E-state index contributed by atoms with van der Waals surface area (Å²) < 4.78 is 10.8. The summed E-state index contributed by atoms with van der Waals surface area (Å²) in [5.41, 5.74) is 2.14. The first kappa shape index (κ1) is 25.0. The first-order valence-corrected chi connectivity index (χ1v) is 10.7. The van der Waals surface area contributed by atoms with Gasteiger partial charge >= 0.3 is 0 Å². The summed E-state index contributed by atoms with van der Waals surface area (Å²) >= 11 is 0. The van der Waals surface area contributed by atoms with Crippen molar-refractivity contribution in [3.8, 4) is 11.5 Å². The lowest BCUT2D eigenvalue weighted by Gasteiger charge is -2.13. The van der Waals surface area contributed by atoms with Crippen molar-refractivity contribution in [2.24, 2.45) is 0 Å². The van der Waals surface area contributed by atoms with Crippen LogP contribution >= 0.6 is 0 Å². The van der Waals surface area contributed by atoms with Gasteiger partial charge in [-0.05, 0) is 61.5 Å². The molecule has 180 valence electrons. The third kappa shape index (κ3) is 6.91. The molecule has 0 atom stereocenters. The van der Waals surface area contributed by atoms with Crippen molar-refractivity contribution < 1.29 is 28.7 Å². The van der Waals surface area contributed by atoms with Crippen LogP contribution in [0.15, 0.2) is 66.7 Å². The summed E-state index contributed by atoms with van der Waals surface area (Å²) in [6.45, 7) is 2.39. The fraction of sp³-hybridized carbons (Fsp3) is 0.154. The molecule has 0 fully saturated rings. The molecule has 0 aliphatic heterocycles. The Morgan fingerprint density at radius 1 is 0.743 bits per heavy atom. The second kappa shape index (κ2) is 11.5. The first-order chi connectivity index (χ1) is 16.8. The molecule has 0 aromatic heterocycles. The summed E-state index contributed by atoms with van der Waals surface area (Å²) in [6, 6.07) is 18.0. The highest BCUT2D eigenvalue weighted by molar-refractivity contribution is 6.05. The van der Waals surface area contributed by atoms with E-state index in [-0.39, 0.29) is 30.0 Å². The molecular weight excluding hydrogens is 450 g/mol. The van der Waals surface area contributed by atoms with Gasteiger partial charge in [-0.3, -0.25) is 19.2 Å². The average molecular weight is 476 g/mol. The van der Waals surface area contributed by atoms with Crippen molar-refractivity contribution in [3.05, 3.63) is 77.9 Å². The lowest BCUT2D eigenvalue weighted by Crippen LogP contribution is -2.21. The fourth-order valence-electron chi connectivity index (χ4n) is 3.14. The van der Waals surface area contributed by atoms with Crippen molar-refractivity contribution in [2.45, 2.75) is 13.8 Å². The number of rotatable bonds is 9. The highest BCUT2D eigenvalue weighted by Gasteiger charge is 2.13. The standard InChI is InChI=1S/C26H25N3O6/c1-16(30)19-10-13-22(27-17(2)31)24(14-19)35-15-25(32)28-20-11-8-18(9-12-20)26(33)29-21-6-4-5-7-23(21)34-3/h4-14H,15H2,1-3H3,(H,27,31)(H,28,32)(H,29,33). The van der Waals surface area contributed by atoms with Crippen LogP contribution in [-0.4, -0.2) is 37.2 Å². The summed E-state index contributed by atoms with van der Waals surface area (Å²) in [4.78, 5) is 48.0. The molecule has 3 rings (SSSR count). The second-order valence-corrected chi connectivity index (χ2v) is 7.52. The Hall–Kier alpha value is -4.66. The van der Waals surface area contributed by atoms with Gasteiger partial charge in [0.15, 0.2) is 12.4 Å². The van der Waals surface area contributed by atoms with Gasteiger partial charge in [-0.2, -0.15) is 0 Å². The van der Waals surface area contributed by atoms with Crippen molar-refractivity contribution in [3.63, 3.8) is 0 Å². The molecule has 0 radical (unpaired) electrons. The zero-order valence-electron chi connectivity index (χ0n) is 19.5. The molecule has 3 N–H and O–H groups in total. The van der Waals surface area contributed by atoms with E-state index in [1.54, 1.807) is 60.7 Å². The summed E-state index contributed by atoms with van der Waals surface area (Å²) in [5, 5.41) is 8.06. The Balaban J connectivity index is 1.61. The molecule has 0 aliphatic carbocycles. The third-order valence-corrected chi connectivity index (χ3v) is 4.84. The molecule has 0 heterocycles. The molecule has 3 amide bonds. The van der Waals surface area contributed by atoms with Gasteiger partial charge in [0.2, 0.25) is 5.91 Å². The number of para-hydroxylation sites is 2. The molecule has 0 unspecified atom stereocenters. The predicted octanol–water partition coefficient (Wildman–Crippen LogP) is 4.13. The number of carbonyl (C=O) groups excluding carboxylic acids is 4. The number of ether oxygens (including phenoxy) is 2. The summed E-state index contributed by atoms with van der Waals surface area (Å²) in [5.74, 6) is -0.537. The van der Waals surface area contributed by atoms with Gasteiger partial charge in [0.1, 0.15) is 11.5 Å². The molecule has 3 aromatic rings. The van der Waals surface area contributed by atoms with E-state index in [1.807, 2.05) is 0 Å². The quantitative estimate of drug-likeness (QED) is 0.400. The number of benzene rings is 3. The molecule has 0 spiro atoms. The molecule has 0 saturated heterocycles. The Bertz CT molecular complexity index is 1250. The van der Waals surface area contributed by atoms with E-state index in [9.17, 15) is 19.2 Å². The van der Waals surface area contributed by atoms with Crippen LogP contribution in [0.3, 0.4) is 0 Å². The van der Waals surface area contributed by atoms with Crippen molar-refractivity contribution in [2.75, 3.05) is 29.7 Å². The maximum absolute atomic E-state index is 12.5. The van der Waals surface area contributed by atoms with Crippen LogP contribution in [0, 0.1) is 0 Å². The van der Waals surface area contributed by atoms with E-state index in [0.29, 0.717) is 33.9 Å². The van der Waals surface area contributed by atoms with Crippen LogP contribution in [0.1, 0.15) is 34.6 Å². The number of Topliss-reactive ketones (excluding diaryl/α,β-unsaturated/α-hetero) is 1. The first-order valence-electron chi connectivity index (χ1n) is 10.7. The van der Waals surface area contributed by atoms with Crippen LogP contribution < -0.4 is 25.4 Å². The number of hydrogen-bond acceptors (Lipinski definition) is 6. The van der Waals surface area contributed by atoms with Crippen LogP contribution in [-0.2, 0) is 9.59 Å². The smallest absolute Gasteiger partial charge is 0.262 e. The molecule has 0 bridgehead atoms. The highest BCUT2D eigenvalue weighted by Crippen LogP contribution is 2.27. The van der Waals surface area contributed by atoms with Gasteiger partial charge in [-0.1, -0.05) is 12.1 Å². The fourth-order valence-corrected chi connectivity index (χ4v) is 3.14. The Morgan fingerprint density at radius 2 is 1.40 bits per heavy atom. The number of nitrogens with one attached hydrogen (secondary N) is 3. The molecule has 3 aromatic carbocycles.